The topological polar surface area (TPSA) is 84.2 Å². The zero-order chi connectivity index (χ0) is 14.5. The summed E-state index contributed by atoms with van der Waals surface area (Å²) in [5.41, 5.74) is 7.14. The summed E-state index contributed by atoms with van der Waals surface area (Å²) in [5, 5.41) is 5.46. The number of rotatable bonds is 3. The minimum absolute atomic E-state index is 0.0459. The fraction of sp³-hybridized carbons (Fsp3) is 0.467. The van der Waals surface area contributed by atoms with Gasteiger partial charge in [0.05, 0.1) is 0 Å². The molecule has 5 nitrogen and oxygen atoms in total. The Balaban J connectivity index is 1.92. The van der Waals surface area contributed by atoms with Gasteiger partial charge in [-0.1, -0.05) is 0 Å². The first-order chi connectivity index (χ1) is 9.60. The molecule has 0 heterocycles. The van der Waals surface area contributed by atoms with E-state index < -0.39 is 0 Å². The van der Waals surface area contributed by atoms with Crippen LogP contribution in [0.2, 0.25) is 0 Å². The summed E-state index contributed by atoms with van der Waals surface area (Å²) in [5.74, 6) is -0.0397. The van der Waals surface area contributed by atoms with E-state index in [2.05, 4.69) is 10.6 Å². The molecule has 0 atom stereocenters. The predicted octanol–water partition coefficient (Wildman–Crippen LogP) is 1.50. The average Bonchev–Trinajstić information content (AvgIpc) is 2.48. The first-order valence-corrected chi connectivity index (χ1v) is 6.98. The Morgan fingerprint density at radius 2 is 1.70 bits per heavy atom. The second-order valence-corrected chi connectivity index (χ2v) is 5.26. The van der Waals surface area contributed by atoms with E-state index in [0.29, 0.717) is 5.56 Å². The number of hydrogen-bond donors (Lipinski definition) is 3. The standard InChI is InChI=1S/C15H21N3O2/c1-17-14(19)10-4-8-13(9-5-10)18-15(20)11-2-6-12(16)7-3-11/h4-5,8-9,11-12H,2-3,6-7,16H2,1H3,(H,17,19)(H,18,20). The fourth-order valence-electron chi connectivity index (χ4n) is 2.47. The van der Waals surface area contributed by atoms with E-state index >= 15 is 0 Å². The van der Waals surface area contributed by atoms with Gasteiger partial charge in [-0.3, -0.25) is 9.59 Å². The molecule has 1 aromatic rings. The second kappa shape index (κ2) is 6.52. The molecule has 0 spiro atoms. The highest BCUT2D eigenvalue weighted by atomic mass is 16.2. The summed E-state index contributed by atoms with van der Waals surface area (Å²) in [4.78, 5) is 23.5. The summed E-state index contributed by atoms with van der Waals surface area (Å²) >= 11 is 0. The monoisotopic (exact) mass is 275 g/mol. The zero-order valence-corrected chi connectivity index (χ0v) is 11.7. The molecule has 4 N–H and O–H groups in total. The molecule has 0 aromatic heterocycles. The minimum atomic E-state index is -0.135. The maximum absolute atomic E-state index is 12.1. The highest BCUT2D eigenvalue weighted by Gasteiger charge is 2.24. The van der Waals surface area contributed by atoms with Gasteiger partial charge in [-0.25, -0.2) is 0 Å². The van der Waals surface area contributed by atoms with Crippen molar-refractivity contribution in [2.45, 2.75) is 31.7 Å². The fourth-order valence-corrected chi connectivity index (χ4v) is 2.47. The molecule has 0 unspecified atom stereocenters. The molecule has 5 heteroatoms. The summed E-state index contributed by atoms with van der Waals surface area (Å²) in [7, 11) is 1.59. The molecule has 0 radical (unpaired) electrons. The number of nitrogens with two attached hydrogens (primary N) is 1. The number of amides is 2. The third-order valence-electron chi connectivity index (χ3n) is 3.78. The van der Waals surface area contributed by atoms with Gasteiger partial charge in [0, 0.05) is 30.3 Å². The van der Waals surface area contributed by atoms with E-state index in [9.17, 15) is 9.59 Å². The molecule has 20 heavy (non-hydrogen) atoms. The second-order valence-electron chi connectivity index (χ2n) is 5.26. The van der Waals surface area contributed by atoms with Gasteiger partial charge in [0.1, 0.15) is 0 Å². The number of anilines is 1. The lowest BCUT2D eigenvalue weighted by atomic mass is 9.86. The molecule has 1 aromatic carbocycles. The third-order valence-corrected chi connectivity index (χ3v) is 3.78. The Labute approximate surface area is 118 Å². The molecule has 2 rings (SSSR count). The Hall–Kier alpha value is -1.88. The maximum atomic E-state index is 12.1. The van der Waals surface area contributed by atoms with Crippen molar-refractivity contribution >= 4 is 17.5 Å². The molecule has 1 aliphatic rings. The van der Waals surface area contributed by atoms with Crippen LogP contribution in [-0.4, -0.2) is 24.9 Å². The van der Waals surface area contributed by atoms with Gasteiger partial charge in [0.25, 0.3) is 5.91 Å². The molecule has 0 bridgehead atoms. The van der Waals surface area contributed by atoms with E-state index in [1.807, 2.05) is 0 Å². The summed E-state index contributed by atoms with van der Waals surface area (Å²) < 4.78 is 0. The van der Waals surface area contributed by atoms with Crippen LogP contribution in [0.3, 0.4) is 0 Å². The first-order valence-electron chi connectivity index (χ1n) is 6.98. The molecule has 1 fully saturated rings. The van der Waals surface area contributed by atoms with Crippen LogP contribution in [0.25, 0.3) is 0 Å². The third kappa shape index (κ3) is 3.57. The lowest BCUT2D eigenvalue weighted by Gasteiger charge is -2.25. The van der Waals surface area contributed by atoms with E-state index in [-0.39, 0.29) is 23.8 Å². The first kappa shape index (κ1) is 14.5. The largest absolute Gasteiger partial charge is 0.355 e. The molecule has 2 amide bonds. The molecular formula is C15H21N3O2. The highest BCUT2D eigenvalue weighted by molar-refractivity contribution is 5.96. The smallest absolute Gasteiger partial charge is 0.251 e. The number of carbonyl (C=O) groups excluding carboxylic acids is 2. The minimum Gasteiger partial charge on any atom is -0.355 e. The van der Waals surface area contributed by atoms with Crippen molar-refractivity contribution in [2.75, 3.05) is 12.4 Å². The molecule has 0 aliphatic heterocycles. The van der Waals surface area contributed by atoms with Crippen molar-refractivity contribution in [3.05, 3.63) is 29.8 Å². The van der Waals surface area contributed by atoms with E-state index in [4.69, 9.17) is 5.73 Å². The number of hydrogen-bond acceptors (Lipinski definition) is 3. The number of nitrogens with one attached hydrogen (secondary N) is 2. The van der Waals surface area contributed by atoms with Crippen LogP contribution in [-0.2, 0) is 4.79 Å². The van der Waals surface area contributed by atoms with Crippen LogP contribution < -0.4 is 16.4 Å². The van der Waals surface area contributed by atoms with Crippen LogP contribution >= 0.6 is 0 Å². The van der Waals surface area contributed by atoms with Crippen molar-refractivity contribution in [3.63, 3.8) is 0 Å². The van der Waals surface area contributed by atoms with Gasteiger partial charge in [-0.2, -0.15) is 0 Å². The molecule has 1 saturated carbocycles. The van der Waals surface area contributed by atoms with Gasteiger partial charge in [0.2, 0.25) is 5.91 Å². The lowest BCUT2D eigenvalue weighted by Crippen LogP contribution is -2.32. The Bertz CT molecular complexity index is 476. The summed E-state index contributed by atoms with van der Waals surface area (Å²) in [6.07, 6.45) is 3.52. The molecule has 1 aliphatic carbocycles. The molecular weight excluding hydrogens is 254 g/mol. The predicted molar refractivity (Wildman–Crippen MR) is 78.4 cm³/mol. The van der Waals surface area contributed by atoms with Gasteiger partial charge in [0.15, 0.2) is 0 Å². The quantitative estimate of drug-likeness (QED) is 0.781. The summed E-state index contributed by atoms with van der Waals surface area (Å²) in [6, 6.07) is 7.13. The average molecular weight is 275 g/mol. The van der Waals surface area contributed by atoms with Crippen molar-refractivity contribution in [1.82, 2.24) is 5.32 Å². The lowest BCUT2D eigenvalue weighted by molar-refractivity contribution is -0.120. The SMILES string of the molecule is CNC(=O)c1ccc(NC(=O)C2CCC(N)CC2)cc1. The van der Waals surface area contributed by atoms with Crippen molar-refractivity contribution in [3.8, 4) is 0 Å². The van der Waals surface area contributed by atoms with Crippen LogP contribution in [0.15, 0.2) is 24.3 Å². The van der Waals surface area contributed by atoms with E-state index in [1.54, 1.807) is 31.3 Å². The Morgan fingerprint density at radius 3 is 2.25 bits per heavy atom. The normalized spacial score (nSPS) is 22.1. The van der Waals surface area contributed by atoms with E-state index in [1.165, 1.54) is 0 Å². The zero-order valence-electron chi connectivity index (χ0n) is 11.7. The molecule has 0 saturated heterocycles. The van der Waals surface area contributed by atoms with Crippen molar-refractivity contribution < 1.29 is 9.59 Å². The van der Waals surface area contributed by atoms with Gasteiger partial charge in [-0.15, -0.1) is 0 Å². The van der Waals surface area contributed by atoms with Gasteiger partial charge < -0.3 is 16.4 Å². The van der Waals surface area contributed by atoms with Crippen molar-refractivity contribution in [1.29, 1.82) is 0 Å². The van der Waals surface area contributed by atoms with Crippen LogP contribution in [0, 0.1) is 5.92 Å². The Morgan fingerprint density at radius 1 is 1.10 bits per heavy atom. The van der Waals surface area contributed by atoms with Crippen molar-refractivity contribution in [2.24, 2.45) is 11.7 Å². The van der Waals surface area contributed by atoms with E-state index in [0.717, 1.165) is 31.4 Å². The number of carbonyl (C=O) groups is 2. The van der Waals surface area contributed by atoms with Gasteiger partial charge >= 0.3 is 0 Å². The van der Waals surface area contributed by atoms with Crippen LogP contribution in [0.4, 0.5) is 5.69 Å². The Kier molecular flexibility index (Phi) is 4.74. The summed E-state index contributed by atoms with van der Waals surface area (Å²) in [6.45, 7) is 0. The van der Waals surface area contributed by atoms with Crippen LogP contribution in [0.1, 0.15) is 36.0 Å². The van der Waals surface area contributed by atoms with Crippen LogP contribution in [0.5, 0.6) is 0 Å². The molecule has 108 valence electrons. The highest BCUT2D eigenvalue weighted by Crippen LogP contribution is 2.24. The maximum Gasteiger partial charge on any atom is 0.251 e. The number of benzene rings is 1. The van der Waals surface area contributed by atoms with Gasteiger partial charge in [-0.05, 0) is 49.9 Å².